The molecular formula is C11H10Cl2O3. The van der Waals surface area contributed by atoms with Crippen LogP contribution in [0, 0.1) is 0 Å². The van der Waals surface area contributed by atoms with E-state index in [1.54, 1.807) is 18.2 Å². The third-order valence-electron chi connectivity index (χ3n) is 3.02. The fourth-order valence-corrected chi connectivity index (χ4v) is 2.94. The van der Waals surface area contributed by atoms with Gasteiger partial charge in [-0.25, -0.2) is 0 Å². The molecule has 0 amide bonds. The van der Waals surface area contributed by atoms with E-state index in [0.717, 1.165) is 0 Å². The SMILES string of the molecule is O=C(O)C1(c2c(Cl)cccc2Cl)CC(O)C1. The Morgan fingerprint density at radius 3 is 2.19 bits per heavy atom. The maximum Gasteiger partial charge on any atom is 0.314 e. The maximum absolute atomic E-state index is 11.3. The highest BCUT2D eigenvalue weighted by Gasteiger charge is 2.53. The van der Waals surface area contributed by atoms with Crippen LogP contribution in [0.3, 0.4) is 0 Å². The van der Waals surface area contributed by atoms with Gasteiger partial charge in [-0.15, -0.1) is 0 Å². The summed E-state index contributed by atoms with van der Waals surface area (Å²) >= 11 is 12.0. The van der Waals surface area contributed by atoms with Crippen molar-refractivity contribution in [2.45, 2.75) is 24.4 Å². The second-order valence-electron chi connectivity index (χ2n) is 4.05. The minimum Gasteiger partial charge on any atom is -0.481 e. The second kappa shape index (κ2) is 3.91. The summed E-state index contributed by atoms with van der Waals surface area (Å²) in [5, 5.41) is 19.3. The number of benzene rings is 1. The summed E-state index contributed by atoms with van der Waals surface area (Å²) in [5.41, 5.74) is -0.717. The van der Waals surface area contributed by atoms with Gasteiger partial charge in [0.05, 0.1) is 6.10 Å². The number of hydrogen-bond acceptors (Lipinski definition) is 2. The molecule has 0 aromatic heterocycles. The molecule has 0 saturated heterocycles. The van der Waals surface area contributed by atoms with Gasteiger partial charge in [-0.05, 0) is 25.0 Å². The largest absolute Gasteiger partial charge is 0.481 e. The fourth-order valence-electron chi connectivity index (χ4n) is 2.19. The van der Waals surface area contributed by atoms with E-state index in [1.807, 2.05) is 0 Å². The average molecular weight is 261 g/mol. The molecule has 1 aromatic rings. The van der Waals surface area contributed by atoms with Crippen molar-refractivity contribution >= 4 is 29.2 Å². The molecule has 1 fully saturated rings. The Hall–Kier alpha value is -0.770. The molecule has 0 unspecified atom stereocenters. The smallest absolute Gasteiger partial charge is 0.314 e. The normalized spacial score (nSPS) is 28.6. The molecule has 0 aliphatic heterocycles. The zero-order valence-electron chi connectivity index (χ0n) is 8.28. The van der Waals surface area contributed by atoms with Crippen molar-refractivity contribution in [1.29, 1.82) is 0 Å². The van der Waals surface area contributed by atoms with Gasteiger partial charge in [-0.3, -0.25) is 4.79 Å². The number of carbonyl (C=O) groups is 1. The molecule has 86 valence electrons. The van der Waals surface area contributed by atoms with E-state index < -0.39 is 17.5 Å². The van der Waals surface area contributed by atoms with Crippen LogP contribution in [0.5, 0.6) is 0 Å². The van der Waals surface area contributed by atoms with Gasteiger partial charge in [0.25, 0.3) is 0 Å². The molecule has 0 radical (unpaired) electrons. The van der Waals surface area contributed by atoms with Crippen LogP contribution in [0.15, 0.2) is 18.2 Å². The van der Waals surface area contributed by atoms with Crippen molar-refractivity contribution in [3.8, 4) is 0 Å². The van der Waals surface area contributed by atoms with Gasteiger partial charge in [0.1, 0.15) is 5.41 Å². The number of aliphatic hydroxyl groups is 1. The van der Waals surface area contributed by atoms with Crippen LogP contribution < -0.4 is 0 Å². The number of hydrogen-bond donors (Lipinski definition) is 2. The number of rotatable bonds is 2. The summed E-state index contributed by atoms with van der Waals surface area (Å²) in [4.78, 5) is 11.3. The Morgan fingerprint density at radius 1 is 1.31 bits per heavy atom. The number of halogens is 2. The van der Waals surface area contributed by atoms with Gasteiger partial charge in [0.2, 0.25) is 0 Å². The Bertz CT molecular complexity index is 419. The average Bonchev–Trinajstić information content (AvgIpc) is 2.13. The van der Waals surface area contributed by atoms with Crippen LogP contribution in [0.4, 0.5) is 0 Å². The van der Waals surface area contributed by atoms with Crippen molar-refractivity contribution in [3.05, 3.63) is 33.8 Å². The van der Waals surface area contributed by atoms with Crippen molar-refractivity contribution in [2.75, 3.05) is 0 Å². The Labute approximate surface area is 103 Å². The number of carboxylic acid groups (broad SMARTS) is 1. The molecule has 2 rings (SSSR count). The molecule has 5 heteroatoms. The molecule has 1 aliphatic carbocycles. The van der Waals surface area contributed by atoms with Gasteiger partial charge in [-0.2, -0.15) is 0 Å². The lowest BCUT2D eigenvalue weighted by molar-refractivity contribution is -0.152. The number of carboxylic acids is 1. The van der Waals surface area contributed by atoms with E-state index in [1.165, 1.54) is 0 Å². The van der Waals surface area contributed by atoms with Crippen LogP contribution in [-0.4, -0.2) is 22.3 Å². The van der Waals surface area contributed by atoms with Crippen molar-refractivity contribution in [3.63, 3.8) is 0 Å². The molecule has 0 bridgehead atoms. The Balaban J connectivity index is 2.53. The monoisotopic (exact) mass is 260 g/mol. The van der Waals surface area contributed by atoms with Gasteiger partial charge in [-0.1, -0.05) is 29.3 Å². The van der Waals surface area contributed by atoms with E-state index in [0.29, 0.717) is 15.6 Å². The molecule has 1 aliphatic rings. The van der Waals surface area contributed by atoms with Gasteiger partial charge >= 0.3 is 5.97 Å². The number of aliphatic hydroxyl groups excluding tert-OH is 1. The van der Waals surface area contributed by atoms with Crippen molar-refractivity contribution < 1.29 is 15.0 Å². The zero-order valence-corrected chi connectivity index (χ0v) is 9.79. The van der Waals surface area contributed by atoms with Gasteiger partial charge in [0.15, 0.2) is 0 Å². The van der Waals surface area contributed by atoms with E-state index in [-0.39, 0.29) is 12.8 Å². The second-order valence-corrected chi connectivity index (χ2v) is 4.86. The highest BCUT2D eigenvalue weighted by molar-refractivity contribution is 6.36. The Kier molecular flexibility index (Phi) is 2.86. The molecule has 1 aromatic carbocycles. The molecule has 2 N–H and O–H groups in total. The predicted molar refractivity (Wildman–Crippen MR) is 61.0 cm³/mol. The summed E-state index contributed by atoms with van der Waals surface area (Å²) in [7, 11) is 0. The summed E-state index contributed by atoms with van der Waals surface area (Å²) in [6.07, 6.45) is -0.277. The fraction of sp³-hybridized carbons (Fsp3) is 0.364. The maximum atomic E-state index is 11.3. The first kappa shape index (κ1) is 11.7. The topological polar surface area (TPSA) is 57.5 Å². The molecule has 0 spiro atoms. The third kappa shape index (κ3) is 1.59. The minimum atomic E-state index is -1.13. The van der Waals surface area contributed by atoms with Crippen LogP contribution in [0.25, 0.3) is 0 Å². The first-order valence-corrected chi connectivity index (χ1v) is 5.59. The zero-order chi connectivity index (χ0) is 11.9. The molecular weight excluding hydrogens is 251 g/mol. The van der Waals surface area contributed by atoms with Crippen LogP contribution in [-0.2, 0) is 10.2 Å². The van der Waals surface area contributed by atoms with E-state index >= 15 is 0 Å². The first-order chi connectivity index (χ1) is 7.47. The molecule has 0 heterocycles. The Morgan fingerprint density at radius 2 is 1.81 bits per heavy atom. The number of aliphatic carboxylic acids is 1. The third-order valence-corrected chi connectivity index (χ3v) is 3.65. The van der Waals surface area contributed by atoms with Crippen LogP contribution in [0.2, 0.25) is 10.0 Å². The summed E-state index contributed by atoms with van der Waals surface area (Å²) in [5.74, 6) is -0.993. The predicted octanol–water partition coefficient (Wildman–Crippen LogP) is 2.47. The van der Waals surface area contributed by atoms with Crippen LogP contribution >= 0.6 is 23.2 Å². The van der Waals surface area contributed by atoms with E-state index in [9.17, 15) is 15.0 Å². The highest BCUT2D eigenvalue weighted by atomic mass is 35.5. The quantitative estimate of drug-likeness (QED) is 0.859. The lowest BCUT2D eigenvalue weighted by Crippen LogP contribution is -2.50. The summed E-state index contributed by atoms with van der Waals surface area (Å²) in [6.45, 7) is 0. The van der Waals surface area contributed by atoms with Crippen molar-refractivity contribution in [2.24, 2.45) is 0 Å². The molecule has 1 saturated carbocycles. The van der Waals surface area contributed by atoms with E-state index in [2.05, 4.69) is 0 Å². The van der Waals surface area contributed by atoms with Crippen molar-refractivity contribution in [1.82, 2.24) is 0 Å². The first-order valence-electron chi connectivity index (χ1n) is 4.83. The molecule has 0 atom stereocenters. The highest BCUT2D eigenvalue weighted by Crippen LogP contribution is 2.49. The summed E-state index contributed by atoms with van der Waals surface area (Å²) < 4.78 is 0. The van der Waals surface area contributed by atoms with Gasteiger partial charge in [0, 0.05) is 15.6 Å². The van der Waals surface area contributed by atoms with E-state index in [4.69, 9.17) is 23.2 Å². The lowest BCUT2D eigenvalue weighted by atomic mass is 9.62. The van der Waals surface area contributed by atoms with Gasteiger partial charge < -0.3 is 10.2 Å². The van der Waals surface area contributed by atoms with Crippen LogP contribution in [0.1, 0.15) is 18.4 Å². The molecule has 16 heavy (non-hydrogen) atoms. The molecule has 3 nitrogen and oxygen atoms in total. The summed E-state index contributed by atoms with van der Waals surface area (Å²) in [6, 6.07) is 4.88. The minimum absolute atomic E-state index is 0.159. The lowest BCUT2D eigenvalue weighted by Gasteiger charge is -2.42. The standard InChI is InChI=1S/C11H10Cl2O3/c12-7-2-1-3-8(13)9(7)11(10(15)16)4-6(14)5-11/h1-3,6,14H,4-5H2,(H,15,16).